The molecule has 174 valence electrons. The Hall–Kier alpha value is -1.88. The summed E-state index contributed by atoms with van der Waals surface area (Å²) in [5, 5.41) is 14.2. The van der Waals surface area contributed by atoms with Gasteiger partial charge in [-0.2, -0.15) is 0 Å². The standard InChI is InChI=1S/C26H41NO4/c1-16(2)13-21(28)23-19(24(29)27-15-18-11-9-8-10-12-18)14-20(22(23)17(3)4)25(30)31-26(5,6)7/h8-12,16-17,19-23,28H,13-15H2,1-7H3,(H,27,29)/t19-,20+,21+,22-,23+/m0/s1. The molecule has 1 aromatic carbocycles. The Morgan fingerprint density at radius 2 is 1.68 bits per heavy atom. The van der Waals surface area contributed by atoms with Crippen LogP contribution in [0.2, 0.25) is 0 Å². The van der Waals surface area contributed by atoms with Gasteiger partial charge in [-0.25, -0.2) is 0 Å². The van der Waals surface area contributed by atoms with Crippen LogP contribution in [0, 0.1) is 35.5 Å². The number of ether oxygens (including phenoxy) is 1. The normalized spacial score (nSPS) is 25.0. The van der Waals surface area contributed by atoms with Crippen LogP contribution in [0.4, 0.5) is 0 Å². The van der Waals surface area contributed by atoms with Gasteiger partial charge in [-0.05, 0) is 56.9 Å². The number of amides is 1. The summed E-state index contributed by atoms with van der Waals surface area (Å²) in [6.45, 7) is 14.3. The number of carbonyl (C=O) groups excluding carboxylic acids is 2. The molecule has 0 saturated heterocycles. The number of hydrogen-bond acceptors (Lipinski definition) is 4. The first-order chi connectivity index (χ1) is 14.4. The van der Waals surface area contributed by atoms with Crippen molar-refractivity contribution in [2.45, 2.75) is 79.6 Å². The number of nitrogens with one attached hydrogen (secondary N) is 1. The van der Waals surface area contributed by atoms with Gasteiger partial charge in [-0.3, -0.25) is 9.59 Å². The summed E-state index contributed by atoms with van der Waals surface area (Å²) in [7, 11) is 0. The van der Waals surface area contributed by atoms with Crippen molar-refractivity contribution in [2.24, 2.45) is 35.5 Å². The number of carbonyl (C=O) groups is 2. The van der Waals surface area contributed by atoms with Gasteiger partial charge in [0, 0.05) is 18.4 Å². The molecule has 0 bridgehead atoms. The number of hydrogen-bond donors (Lipinski definition) is 2. The zero-order chi connectivity index (χ0) is 23.3. The van der Waals surface area contributed by atoms with Crippen LogP contribution in [-0.4, -0.2) is 28.7 Å². The molecule has 5 heteroatoms. The zero-order valence-electron chi connectivity index (χ0n) is 20.2. The topological polar surface area (TPSA) is 75.6 Å². The van der Waals surface area contributed by atoms with Gasteiger partial charge >= 0.3 is 5.97 Å². The molecular weight excluding hydrogens is 390 g/mol. The highest BCUT2D eigenvalue weighted by molar-refractivity contribution is 5.82. The van der Waals surface area contributed by atoms with E-state index in [1.165, 1.54) is 0 Å². The molecule has 0 spiro atoms. The van der Waals surface area contributed by atoms with E-state index in [2.05, 4.69) is 33.0 Å². The third-order valence-corrected chi connectivity index (χ3v) is 6.16. The predicted octanol–water partition coefficient (Wildman–Crippen LogP) is 4.58. The molecule has 1 aromatic rings. The lowest BCUT2D eigenvalue weighted by atomic mass is 9.74. The van der Waals surface area contributed by atoms with Gasteiger partial charge in [0.15, 0.2) is 0 Å². The van der Waals surface area contributed by atoms with E-state index >= 15 is 0 Å². The largest absolute Gasteiger partial charge is 0.460 e. The van der Waals surface area contributed by atoms with Crippen molar-refractivity contribution in [3.8, 4) is 0 Å². The Labute approximate surface area is 188 Å². The van der Waals surface area contributed by atoms with Gasteiger partial charge in [-0.1, -0.05) is 58.0 Å². The lowest BCUT2D eigenvalue weighted by Crippen LogP contribution is -2.41. The molecule has 0 aliphatic heterocycles. The fraction of sp³-hybridized carbons (Fsp3) is 0.692. The van der Waals surface area contributed by atoms with Gasteiger partial charge in [0.05, 0.1) is 12.0 Å². The molecule has 1 aliphatic carbocycles. The highest BCUT2D eigenvalue weighted by Crippen LogP contribution is 2.49. The number of rotatable bonds is 8. The minimum Gasteiger partial charge on any atom is -0.460 e. The summed E-state index contributed by atoms with van der Waals surface area (Å²) in [6.07, 6.45) is 0.391. The number of esters is 1. The van der Waals surface area contributed by atoms with Crippen LogP contribution in [0.1, 0.15) is 66.9 Å². The van der Waals surface area contributed by atoms with E-state index in [1.807, 2.05) is 51.1 Å². The number of benzene rings is 1. The van der Waals surface area contributed by atoms with E-state index in [4.69, 9.17) is 4.74 Å². The molecule has 5 atom stereocenters. The lowest BCUT2D eigenvalue weighted by molar-refractivity contribution is -0.162. The fourth-order valence-corrected chi connectivity index (χ4v) is 5.03. The maximum absolute atomic E-state index is 13.3. The number of aliphatic hydroxyl groups excluding tert-OH is 1. The van der Waals surface area contributed by atoms with Crippen LogP contribution in [0.25, 0.3) is 0 Å². The summed E-state index contributed by atoms with van der Waals surface area (Å²) in [6, 6.07) is 9.78. The Morgan fingerprint density at radius 1 is 1.06 bits per heavy atom. The minimum absolute atomic E-state index is 0.0895. The van der Waals surface area contributed by atoms with Crippen LogP contribution in [0.5, 0.6) is 0 Å². The summed E-state index contributed by atoms with van der Waals surface area (Å²) in [5.41, 5.74) is 0.440. The van der Waals surface area contributed by atoms with E-state index in [1.54, 1.807) is 0 Å². The average molecular weight is 432 g/mol. The molecule has 2 N–H and O–H groups in total. The fourth-order valence-electron chi connectivity index (χ4n) is 5.03. The SMILES string of the molecule is CC(C)C[C@@H](O)[C@@H]1[C@@H](C(C)C)[C@H](C(=O)OC(C)(C)C)C[C@@H]1C(=O)NCc1ccccc1. The predicted molar refractivity (Wildman–Crippen MR) is 123 cm³/mol. The van der Waals surface area contributed by atoms with Gasteiger partial charge in [0.2, 0.25) is 5.91 Å². The summed E-state index contributed by atoms with van der Waals surface area (Å²) in [4.78, 5) is 26.3. The van der Waals surface area contributed by atoms with Crippen LogP contribution in [-0.2, 0) is 20.9 Å². The van der Waals surface area contributed by atoms with Gasteiger partial charge in [0.1, 0.15) is 5.60 Å². The second-order valence-corrected chi connectivity index (χ2v) is 10.8. The lowest BCUT2D eigenvalue weighted by Gasteiger charge is -2.34. The molecule has 2 rings (SSSR count). The molecule has 1 fully saturated rings. The van der Waals surface area contributed by atoms with Crippen LogP contribution in [0.3, 0.4) is 0 Å². The van der Waals surface area contributed by atoms with Crippen molar-refractivity contribution >= 4 is 11.9 Å². The van der Waals surface area contributed by atoms with E-state index in [0.29, 0.717) is 25.3 Å². The molecule has 0 aromatic heterocycles. The monoisotopic (exact) mass is 431 g/mol. The molecule has 1 saturated carbocycles. The minimum atomic E-state index is -0.632. The van der Waals surface area contributed by atoms with E-state index in [-0.39, 0.29) is 29.6 Å². The molecule has 0 radical (unpaired) electrons. The molecule has 0 heterocycles. The van der Waals surface area contributed by atoms with Crippen molar-refractivity contribution in [3.05, 3.63) is 35.9 Å². The quantitative estimate of drug-likeness (QED) is 0.591. The first kappa shape index (κ1) is 25.4. The molecule has 5 nitrogen and oxygen atoms in total. The third kappa shape index (κ3) is 7.06. The Morgan fingerprint density at radius 3 is 2.19 bits per heavy atom. The van der Waals surface area contributed by atoms with E-state index in [0.717, 1.165) is 5.56 Å². The molecule has 31 heavy (non-hydrogen) atoms. The van der Waals surface area contributed by atoms with Crippen molar-refractivity contribution in [3.63, 3.8) is 0 Å². The summed E-state index contributed by atoms with van der Waals surface area (Å²) in [5.74, 6) is -1.07. The molecule has 1 aliphatic rings. The van der Waals surface area contributed by atoms with Gasteiger partial charge in [0.25, 0.3) is 0 Å². The Balaban J connectivity index is 2.28. The van der Waals surface area contributed by atoms with Crippen molar-refractivity contribution in [2.75, 3.05) is 0 Å². The van der Waals surface area contributed by atoms with Gasteiger partial charge < -0.3 is 15.2 Å². The van der Waals surface area contributed by atoms with E-state index in [9.17, 15) is 14.7 Å². The summed E-state index contributed by atoms with van der Waals surface area (Å²) < 4.78 is 5.72. The third-order valence-electron chi connectivity index (χ3n) is 6.16. The van der Waals surface area contributed by atoms with Crippen molar-refractivity contribution in [1.82, 2.24) is 5.32 Å². The van der Waals surface area contributed by atoms with Crippen LogP contribution < -0.4 is 5.32 Å². The van der Waals surface area contributed by atoms with Crippen molar-refractivity contribution in [1.29, 1.82) is 0 Å². The zero-order valence-corrected chi connectivity index (χ0v) is 20.2. The Kier molecular flexibility index (Phi) is 8.70. The maximum atomic E-state index is 13.3. The van der Waals surface area contributed by atoms with E-state index < -0.39 is 23.5 Å². The van der Waals surface area contributed by atoms with Crippen LogP contribution in [0.15, 0.2) is 30.3 Å². The number of aliphatic hydroxyl groups is 1. The Bertz CT molecular complexity index is 723. The molecule has 1 amide bonds. The molecule has 0 unspecified atom stereocenters. The first-order valence-electron chi connectivity index (χ1n) is 11.6. The average Bonchev–Trinajstić information content (AvgIpc) is 3.06. The van der Waals surface area contributed by atoms with Gasteiger partial charge in [-0.15, -0.1) is 0 Å². The van der Waals surface area contributed by atoms with Crippen LogP contribution >= 0.6 is 0 Å². The van der Waals surface area contributed by atoms with Crippen molar-refractivity contribution < 1.29 is 19.4 Å². The first-order valence-corrected chi connectivity index (χ1v) is 11.6. The highest BCUT2D eigenvalue weighted by Gasteiger charge is 2.53. The maximum Gasteiger partial charge on any atom is 0.309 e. The second kappa shape index (κ2) is 10.6. The smallest absolute Gasteiger partial charge is 0.309 e. The second-order valence-electron chi connectivity index (χ2n) is 10.8. The highest BCUT2D eigenvalue weighted by atomic mass is 16.6. The molecular formula is C26H41NO4. The summed E-state index contributed by atoms with van der Waals surface area (Å²) >= 11 is 0.